The third-order valence-electron chi connectivity index (χ3n) is 2.63. The van der Waals surface area contributed by atoms with Gasteiger partial charge in [-0.2, -0.15) is 0 Å². The molecule has 0 radical (unpaired) electrons. The predicted molar refractivity (Wildman–Crippen MR) is 58.1 cm³/mol. The van der Waals surface area contributed by atoms with E-state index in [-0.39, 0.29) is 25.0 Å². The van der Waals surface area contributed by atoms with E-state index in [1.807, 2.05) is 0 Å². The lowest BCUT2D eigenvalue weighted by Gasteiger charge is -2.22. The molecule has 5 heteroatoms. The van der Waals surface area contributed by atoms with Crippen molar-refractivity contribution in [2.45, 2.75) is 44.6 Å². The monoisotopic (exact) mass is 229 g/mol. The van der Waals surface area contributed by atoms with E-state index in [0.29, 0.717) is 6.42 Å². The number of carbonyl (C=O) groups excluding carboxylic acids is 1. The molecule has 0 aromatic rings. The van der Waals surface area contributed by atoms with Crippen molar-refractivity contribution in [3.05, 3.63) is 0 Å². The second-order valence-electron chi connectivity index (χ2n) is 4.02. The molecule has 92 valence electrons. The van der Waals surface area contributed by atoms with Gasteiger partial charge in [0.25, 0.3) is 0 Å². The molecule has 1 rings (SSSR count). The van der Waals surface area contributed by atoms with E-state index < -0.39 is 5.97 Å². The van der Waals surface area contributed by atoms with Crippen LogP contribution in [0, 0.1) is 0 Å². The van der Waals surface area contributed by atoms with E-state index in [9.17, 15) is 9.59 Å². The molecule has 1 unspecified atom stereocenters. The number of nitrogens with one attached hydrogen (secondary N) is 1. The topological polar surface area (TPSA) is 75.6 Å². The molecule has 0 spiro atoms. The maximum absolute atomic E-state index is 11.3. The summed E-state index contributed by atoms with van der Waals surface area (Å²) in [4.78, 5) is 21.5. The highest BCUT2D eigenvalue weighted by molar-refractivity contribution is 5.76. The fourth-order valence-corrected chi connectivity index (χ4v) is 1.72. The Morgan fingerprint density at radius 1 is 1.31 bits per heavy atom. The minimum Gasteiger partial charge on any atom is -0.481 e. The van der Waals surface area contributed by atoms with Gasteiger partial charge in [0.1, 0.15) is 0 Å². The minimum absolute atomic E-state index is 0.0222. The highest BCUT2D eigenvalue weighted by atomic mass is 16.5. The fourth-order valence-electron chi connectivity index (χ4n) is 1.72. The van der Waals surface area contributed by atoms with Gasteiger partial charge in [0.15, 0.2) is 0 Å². The lowest BCUT2D eigenvalue weighted by molar-refractivity contribution is -0.136. The van der Waals surface area contributed by atoms with Crippen LogP contribution in [0.5, 0.6) is 0 Å². The van der Waals surface area contributed by atoms with Crippen molar-refractivity contribution in [3.63, 3.8) is 0 Å². The van der Waals surface area contributed by atoms with Crippen LogP contribution in [0.4, 0.5) is 0 Å². The van der Waals surface area contributed by atoms with Crippen LogP contribution in [-0.4, -0.2) is 36.2 Å². The standard InChI is InChI=1S/C11H19NO4/c13-10(12-7-6-11(14)15)5-4-9-3-1-2-8-16-9/h9H,1-8H2,(H,12,13)(H,14,15). The molecular formula is C11H19NO4. The lowest BCUT2D eigenvalue weighted by Crippen LogP contribution is -2.28. The lowest BCUT2D eigenvalue weighted by atomic mass is 10.0. The van der Waals surface area contributed by atoms with Crippen LogP contribution >= 0.6 is 0 Å². The summed E-state index contributed by atoms with van der Waals surface area (Å²) in [5.74, 6) is -0.980. The van der Waals surface area contributed by atoms with Gasteiger partial charge in [-0.25, -0.2) is 0 Å². The van der Waals surface area contributed by atoms with Crippen molar-refractivity contribution in [1.29, 1.82) is 0 Å². The summed E-state index contributed by atoms with van der Waals surface area (Å²) in [5, 5.41) is 11.0. The Labute approximate surface area is 95.2 Å². The number of carbonyl (C=O) groups is 2. The molecule has 2 N–H and O–H groups in total. The van der Waals surface area contributed by atoms with Crippen LogP contribution in [0.2, 0.25) is 0 Å². The molecule has 1 amide bonds. The average Bonchev–Trinajstić information content (AvgIpc) is 2.27. The van der Waals surface area contributed by atoms with Crippen molar-refractivity contribution < 1.29 is 19.4 Å². The number of ether oxygens (including phenoxy) is 1. The first-order valence-electron chi connectivity index (χ1n) is 5.78. The second-order valence-corrected chi connectivity index (χ2v) is 4.02. The van der Waals surface area contributed by atoms with Crippen molar-refractivity contribution >= 4 is 11.9 Å². The van der Waals surface area contributed by atoms with E-state index >= 15 is 0 Å². The third-order valence-corrected chi connectivity index (χ3v) is 2.63. The first-order chi connectivity index (χ1) is 7.68. The molecule has 16 heavy (non-hydrogen) atoms. The number of amides is 1. The van der Waals surface area contributed by atoms with Crippen molar-refractivity contribution in [3.8, 4) is 0 Å². The maximum atomic E-state index is 11.3. The molecule has 1 aliphatic rings. The summed E-state index contributed by atoms with van der Waals surface area (Å²) in [6.45, 7) is 1.00. The molecular weight excluding hydrogens is 210 g/mol. The largest absolute Gasteiger partial charge is 0.481 e. The van der Waals surface area contributed by atoms with Crippen LogP contribution in [0.3, 0.4) is 0 Å². The van der Waals surface area contributed by atoms with E-state index in [1.54, 1.807) is 0 Å². The smallest absolute Gasteiger partial charge is 0.305 e. The summed E-state index contributed by atoms with van der Waals surface area (Å²) in [6, 6.07) is 0. The highest BCUT2D eigenvalue weighted by Crippen LogP contribution is 2.16. The summed E-state index contributed by atoms with van der Waals surface area (Å²) in [7, 11) is 0. The van der Waals surface area contributed by atoms with Gasteiger partial charge in [0.05, 0.1) is 12.5 Å². The summed E-state index contributed by atoms with van der Waals surface area (Å²) in [5.41, 5.74) is 0. The van der Waals surface area contributed by atoms with Gasteiger partial charge in [-0.3, -0.25) is 9.59 Å². The Morgan fingerprint density at radius 3 is 2.75 bits per heavy atom. The fraction of sp³-hybridized carbons (Fsp3) is 0.818. The summed E-state index contributed by atoms with van der Waals surface area (Å²) in [6.07, 6.45) is 4.66. The molecule has 1 atom stereocenters. The molecule has 5 nitrogen and oxygen atoms in total. The van der Waals surface area contributed by atoms with Crippen molar-refractivity contribution in [2.75, 3.05) is 13.2 Å². The predicted octanol–water partition coefficient (Wildman–Crippen LogP) is 0.927. The zero-order chi connectivity index (χ0) is 11.8. The van der Waals surface area contributed by atoms with Crippen LogP contribution < -0.4 is 5.32 Å². The third kappa shape index (κ3) is 5.70. The zero-order valence-corrected chi connectivity index (χ0v) is 9.41. The van der Waals surface area contributed by atoms with Gasteiger partial charge < -0.3 is 15.2 Å². The van der Waals surface area contributed by atoms with Crippen molar-refractivity contribution in [1.82, 2.24) is 5.32 Å². The molecule has 0 aromatic heterocycles. The minimum atomic E-state index is -0.893. The Kier molecular flexibility index (Phi) is 5.85. The normalized spacial score (nSPS) is 20.4. The molecule has 0 saturated carbocycles. The molecule has 1 heterocycles. The molecule has 0 aliphatic carbocycles. The molecule has 1 saturated heterocycles. The van der Waals surface area contributed by atoms with Crippen LogP contribution in [0.25, 0.3) is 0 Å². The summed E-state index contributed by atoms with van der Waals surface area (Å²) < 4.78 is 5.50. The quantitative estimate of drug-likeness (QED) is 0.710. The van der Waals surface area contributed by atoms with Crippen LogP contribution in [0.15, 0.2) is 0 Å². The van der Waals surface area contributed by atoms with Crippen LogP contribution in [-0.2, 0) is 14.3 Å². The number of aliphatic carboxylic acids is 1. The highest BCUT2D eigenvalue weighted by Gasteiger charge is 2.15. The van der Waals surface area contributed by atoms with Gasteiger partial charge in [-0.1, -0.05) is 0 Å². The van der Waals surface area contributed by atoms with Crippen molar-refractivity contribution in [2.24, 2.45) is 0 Å². The molecule has 0 bridgehead atoms. The van der Waals surface area contributed by atoms with E-state index in [2.05, 4.69) is 5.32 Å². The van der Waals surface area contributed by atoms with Gasteiger partial charge in [0.2, 0.25) is 5.91 Å². The molecule has 1 aliphatic heterocycles. The Morgan fingerprint density at radius 2 is 2.12 bits per heavy atom. The number of carboxylic acid groups (broad SMARTS) is 1. The Bertz CT molecular complexity index is 236. The number of hydrogen-bond acceptors (Lipinski definition) is 3. The number of rotatable bonds is 6. The summed E-state index contributed by atoms with van der Waals surface area (Å²) >= 11 is 0. The number of hydrogen-bond donors (Lipinski definition) is 2. The second kappa shape index (κ2) is 7.22. The Balaban J connectivity index is 2.02. The van der Waals surface area contributed by atoms with Gasteiger partial charge in [-0.15, -0.1) is 0 Å². The van der Waals surface area contributed by atoms with Gasteiger partial charge in [0, 0.05) is 19.6 Å². The maximum Gasteiger partial charge on any atom is 0.305 e. The first-order valence-corrected chi connectivity index (χ1v) is 5.78. The SMILES string of the molecule is O=C(O)CCNC(=O)CCC1CCCCO1. The van der Waals surface area contributed by atoms with E-state index in [0.717, 1.165) is 25.9 Å². The molecule has 1 fully saturated rings. The number of carboxylic acids is 1. The van der Waals surface area contributed by atoms with Gasteiger partial charge in [-0.05, 0) is 25.7 Å². The van der Waals surface area contributed by atoms with Crippen LogP contribution in [0.1, 0.15) is 38.5 Å². The zero-order valence-electron chi connectivity index (χ0n) is 9.41. The first kappa shape index (κ1) is 13.0. The van der Waals surface area contributed by atoms with Gasteiger partial charge >= 0.3 is 5.97 Å². The molecule has 0 aromatic carbocycles. The average molecular weight is 229 g/mol. The Hall–Kier alpha value is -1.10. The van der Waals surface area contributed by atoms with E-state index in [1.165, 1.54) is 6.42 Å². The van der Waals surface area contributed by atoms with E-state index in [4.69, 9.17) is 9.84 Å².